The van der Waals surface area contributed by atoms with Crippen molar-refractivity contribution < 1.29 is 9.21 Å². The van der Waals surface area contributed by atoms with E-state index in [0.29, 0.717) is 33.0 Å². The van der Waals surface area contributed by atoms with Crippen molar-refractivity contribution >= 4 is 51.7 Å². The zero-order chi connectivity index (χ0) is 20.4. The molecule has 9 heteroatoms. The van der Waals surface area contributed by atoms with Crippen molar-refractivity contribution in [3.05, 3.63) is 82.0 Å². The first-order valence-corrected chi connectivity index (χ1v) is 9.95. The Bertz CT molecular complexity index is 1200. The van der Waals surface area contributed by atoms with Crippen LogP contribution in [0.4, 0.5) is 5.82 Å². The number of carbonyl (C=O) groups excluding carboxylic acids is 1. The third-order valence-corrected chi connectivity index (χ3v) is 5.60. The minimum Gasteiger partial charge on any atom is -0.467 e. The van der Waals surface area contributed by atoms with Crippen LogP contribution < -0.4 is 10.9 Å². The number of thiocarbonyl (C=S) groups is 1. The minimum atomic E-state index is -0.279. The van der Waals surface area contributed by atoms with Gasteiger partial charge in [-0.2, -0.15) is 0 Å². The number of fused-ring (bicyclic) bond motifs is 1. The number of pyridine rings is 1. The van der Waals surface area contributed by atoms with Gasteiger partial charge in [0.05, 0.1) is 23.3 Å². The SMILES string of the molecule is C=CCNc1nc2ccccn2c(=O)c1C=C1SC(=S)N(Cc2ccco2)C1=O. The lowest BCUT2D eigenvalue weighted by Gasteiger charge is -2.12. The van der Waals surface area contributed by atoms with E-state index >= 15 is 0 Å². The van der Waals surface area contributed by atoms with Gasteiger partial charge in [-0.1, -0.05) is 36.1 Å². The Balaban J connectivity index is 1.76. The Hall–Kier alpha value is -3.17. The number of furan rings is 1. The van der Waals surface area contributed by atoms with Crippen molar-refractivity contribution in [2.24, 2.45) is 0 Å². The van der Waals surface area contributed by atoms with Gasteiger partial charge in [0.15, 0.2) is 0 Å². The lowest BCUT2D eigenvalue weighted by Crippen LogP contribution is -2.27. The molecule has 29 heavy (non-hydrogen) atoms. The molecule has 0 spiro atoms. The highest BCUT2D eigenvalue weighted by atomic mass is 32.2. The summed E-state index contributed by atoms with van der Waals surface area (Å²) in [4.78, 5) is 32.3. The third-order valence-electron chi connectivity index (χ3n) is 4.23. The fourth-order valence-corrected chi connectivity index (χ4v) is 4.10. The summed E-state index contributed by atoms with van der Waals surface area (Å²) in [6.45, 7) is 4.35. The molecule has 3 aromatic rings. The van der Waals surface area contributed by atoms with Gasteiger partial charge in [0, 0.05) is 12.7 Å². The van der Waals surface area contributed by atoms with E-state index in [1.807, 2.05) is 0 Å². The lowest BCUT2D eigenvalue weighted by atomic mass is 10.2. The van der Waals surface area contributed by atoms with E-state index in [2.05, 4.69) is 16.9 Å². The summed E-state index contributed by atoms with van der Waals surface area (Å²) in [5, 5.41) is 3.07. The number of anilines is 1. The van der Waals surface area contributed by atoms with E-state index < -0.39 is 0 Å². The van der Waals surface area contributed by atoms with Crippen LogP contribution in [-0.4, -0.2) is 31.1 Å². The van der Waals surface area contributed by atoms with Crippen LogP contribution in [0.1, 0.15) is 11.3 Å². The first-order chi connectivity index (χ1) is 14.1. The highest BCUT2D eigenvalue weighted by Gasteiger charge is 2.33. The second kappa shape index (κ2) is 8.06. The number of aromatic nitrogens is 2. The molecule has 1 N–H and O–H groups in total. The Morgan fingerprint density at radius 2 is 2.14 bits per heavy atom. The Labute approximate surface area is 175 Å². The zero-order valence-electron chi connectivity index (χ0n) is 15.2. The number of amides is 1. The molecule has 3 aromatic heterocycles. The van der Waals surface area contributed by atoms with Crippen molar-refractivity contribution in [1.82, 2.24) is 14.3 Å². The third kappa shape index (κ3) is 3.74. The zero-order valence-corrected chi connectivity index (χ0v) is 16.8. The normalized spacial score (nSPS) is 15.4. The molecule has 0 radical (unpaired) electrons. The number of thioether (sulfide) groups is 1. The Kier molecular flexibility index (Phi) is 5.32. The second-order valence-electron chi connectivity index (χ2n) is 6.12. The van der Waals surface area contributed by atoms with Crippen LogP contribution >= 0.6 is 24.0 Å². The van der Waals surface area contributed by atoms with E-state index in [1.165, 1.54) is 9.30 Å². The molecular formula is C20H16N4O3S2. The molecule has 0 unspecified atom stereocenters. The summed E-state index contributed by atoms with van der Waals surface area (Å²) in [5.41, 5.74) is 0.513. The maximum Gasteiger partial charge on any atom is 0.267 e. The number of nitrogens with zero attached hydrogens (tertiary/aromatic N) is 3. The van der Waals surface area contributed by atoms with Crippen molar-refractivity contribution in [3.8, 4) is 0 Å². The Morgan fingerprint density at radius 1 is 1.28 bits per heavy atom. The first kappa shape index (κ1) is 19.2. The maximum atomic E-state index is 13.1. The topological polar surface area (TPSA) is 79.9 Å². The van der Waals surface area contributed by atoms with E-state index in [1.54, 1.807) is 54.9 Å². The molecule has 4 heterocycles. The van der Waals surface area contributed by atoms with E-state index in [9.17, 15) is 9.59 Å². The number of hydrogen-bond acceptors (Lipinski definition) is 7. The molecule has 0 aromatic carbocycles. The van der Waals surface area contributed by atoms with Crippen LogP contribution in [0.25, 0.3) is 11.7 Å². The van der Waals surface area contributed by atoms with Crippen LogP contribution in [0, 0.1) is 0 Å². The summed E-state index contributed by atoms with van der Waals surface area (Å²) in [6.07, 6.45) is 6.40. The fourth-order valence-electron chi connectivity index (χ4n) is 2.86. The van der Waals surface area contributed by atoms with E-state index in [4.69, 9.17) is 16.6 Å². The minimum absolute atomic E-state index is 0.242. The van der Waals surface area contributed by atoms with Crippen LogP contribution in [0.5, 0.6) is 0 Å². The van der Waals surface area contributed by atoms with Crippen LogP contribution in [-0.2, 0) is 11.3 Å². The van der Waals surface area contributed by atoms with Gasteiger partial charge in [-0.3, -0.25) is 18.9 Å². The predicted molar refractivity (Wildman–Crippen MR) is 118 cm³/mol. The van der Waals surface area contributed by atoms with Gasteiger partial charge in [0.25, 0.3) is 11.5 Å². The molecule has 1 aliphatic heterocycles. The highest BCUT2D eigenvalue weighted by Crippen LogP contribution is 2.34. The van der Waals surface area contributed by atoms with Crippen molar-refractivity contribution in [2.45, 2.75) is 6.54 Å². The van der Waals surface area contributed by atoms with Gasteiger partial charge < -0.3 is 9.73 Å². The standard InChI is InChI=1S/C20H16N4O3S2/c1-2-8-21-17-14(18(25)23-9-4-3-7-16(23)22-17)11-15-19(26)24(20(28)29-15)12-13-6-5-10-27-13/h2-7,9-11,21H,1,8,12H2. The van der Waals surface area contributed by atoms with Crippen LogP contribution in [0.3, 0.4) is 0 Å². The molecule has 0 saturated carbocycles. The maximum absolute atomic E-state index is 13.1. The molecule has 7 nitrogen and oxygen atoms in total. The van der Waals surface area contributed by atoms with Gasteiger partial charge in [-0.15, -0.1) is 6.58 Å². The smallest absolute Gasteiger partial charge is 0.267 e. The summed E-state index contributed by atoms with van der Waals surface area (Å²) < 4.78 is 7.16. The average Bonchev–Trinajstić information content (AvgIpc) is 3.33. The summed E-state index contributed by atoms with van der Waals surface area (Å²) in [5.74, 6) is 0.740. The molecule has 1 fully saturated rings. The predicted octanol–water partition coefficient (Wildman–Crippen LogP) is 3.29. The van der Waals surface area contributed by atoms with Gasteiger partial charge in [0.1, 0.15) is 21.5 Å². The fraction of sp³-hybridized carbons (Fsp3) is 0.100. The van der Waals surface area contributed by atoms with Crippen molar-refractivity contribution in [1.29, 1.82) is 0 Å². The largest absolute Gasteiger partial charge is 0.467 e. The number of carbonyl (C=O) groups is 1. The van der Waals surface area contributed by atoms with E-state index in [0.717, 1.165) is 11.8 Å². The summed E-state index contributed by atoms with van der Waals surface area (Å²) >= 11 is 6.50. The first-order valence-electron chi connectivity index (χ1n) is 8.72. The second-order valence-corrected chi connectivity index (χ2v) is 7.80. The molecule has 146 valence electrons. The molecule has 0 atom stereocenters. The summed E-state index contributed by atoms with van der Waals surface area (Å²) in [6, 6.07) is 8.83. The molecule has 1 amide bonds. The highest BCUT2D eigenvalue weighted by molar-refractivity contribution is 8.26. The number of rotatable bonds is 6. The van der Waals surface area contributed by atoms with Gasteiger partial charge >= 0.3 is 0 Å². The molecular weight excluding hydrogens is 408 g/mol. The van der Waals surface area contributed by atoms with Crippen molar-refractivity contribution in [2.75, 3.05) is 11.9 Å². The van der Waals surface area contributed by atoms with Gasteiger partial charge in [-0.25, -0.2) is 4.98 Å². The van der Waals surface area contributed by atoms with Gasteiger partial charge in [0.2, 0.25) is 0 Å². The molecule has 1 saturated heterocycles. The Morgan fingerprint density at radius 3 is 2.90 bits per heavy atom. The van der Waals surface area contributed by atoms with E-state index in [-0.39, 0.29) is 23.6 Å². The lowest BCUT2D eigenvalue weighted by molar-refractivity contribution is -0.122. The average molecular weight is 425 g/mol. The molecule has 1 aliphatic rings. The van der Waals surface area contributed by atoms with Crippen molar-refractivity contribution in [3.63, 3.8) is 0 Å². The van der Waals surface area contributed by atoms with Crippen LogP contribution in [0.2, 0.25) is 0 Å². The quantitative estimate of drug-likeness (QED) is 0.369. The monoisotopic (exact) mass is 424 g/mol. The summed E-state index contributed by atoms with van der Waals surface area (Å²) in [7, 11) is 0. The molecule has 0 bridgehead atoms. The van der Waals surface area contributed by atoms with Crippen LogP contribution in [0.15, 0.2) is 69.6 Å². The van der Waals surface area contributed by atoms with Gasteiger partial charge in [-0.05, 0) is 30.3 Å². The number of nitrogens with one attached hydrogen (secondary N) is 1. The molecule has 4 rings (SSSR count). The molecule has 0 aliphatic carbocycles. The number of hydrogen-bond donors (Lipinski definition) is 1.